The van der Waals surface area contributed by atoms with E-state index in [1.54, 1.807) is 53.9 Å². The van der Waals surface area contributed by atoms with Crippen LogP contribution in [-0.4, -0.2) is 62.3 Å². The van der Waals surface area contributed by atoms with Crippen LogP contribution < -0.4 is 4.90 Å². The number of amides is 2. The summed E-state index contributed by atoms with van der Waals surface area (Å²) in [7, 11) is 0. The molecule has 0 unspecified atom stereocenters. The third kappa shape index (κ3) is 6.69. The molecule has 11 heteroatoms. The topological polar surface area (TPSA) is 129 Å². The Bertz CT molecular complexity index is 1450. The summed E-state index contributed by atoms with van der Waals surface area (Å²) >= 11 is 0. The summed E-state index contributed by atoms with van der Waals surface area (Å²) in [5.74, 6) is -0.326. The van der Waals surface area contributed by atoms with Crippen LogP contribution in [0.1, 0.15) is 66.5 Å². The van der Waals surface area contributed by atoms with Crippen molar-refractivity contribution in [3.63, 3.8) is 0 Å². The van der Waals surface area contributed by atoms with Crippen LogP contribution in [0.5, 0.6) is 0 Å². The summed E-state index contributed by atoms with van der Waals surface area (Å²) in [6.07, 6.45) is 5.30. The molecule has 3 aromatic rings. The molecule has 42 heavy (non-hydrogen) atoms. The maximum atomic E-state index is 13.5. The second kappa shape index (κ2) is 11.3. The van der Waals surface area contributed by atoms with E-state index in [1.165, 1.54) is 0 Å². The van der Waals surface area contributed by atoms with Crippen molar-refractivity contribution in [2.75, 3.05) is 18.1 Å². The molecule has 2 amide bonds. The van der Waals surface area contributed by atoms with E-state index in [0.717, 1.165) is 21.7 Å². The molecule has 1 fully saturated rings. The molecule has 0 radical (unpaired) electrons. The Hall–Kier alpha value is -4.09. The van der Waals surface area contributed by atoms with Crippen molar-refractivity contribution in [1.82, 2.24) is 19.9 Å². The molecular formula is C31H37N5O6. The predicted molar refractivity (Wildman–Crippen MR) is 156 cm³/mol. The van der Waals surface area contributed by atoms with E-state index in [-0.39, 0.29) is 11.5 Å². The lowest BCUT2D eigenvalue weighted by atomic mass is 9.92. The van der Waals surface area contributed by atoms with E-state index in [4.69, 9.17) is 23.9 Å². The van der Waals surface area contributed by atoms with Gasteiger partial charge in [-0.3, -0.25) is 0 Å². The Kier molecular flexibility index (Phi) is 7.91. The summed E-state index contributed by atoms with van der Waals surface area (Å²) in [5.41, 5.74) is 1.62. The number of rotatable bonds is 4. The number of H-pyrrole nitrogens is 1. The van der Waals surface area contributed by atoms with Crippen LogP contribution in [0, 0.1) is 0 Å². The minimum absolute atomic E-state index is 0.0634. The number of nitrogens with zero attached hydrogens (tertiary/aromatic N) is 4. The molecule has 1 aliphatic carbocycles. The summed E-state index contributed by atoms with van der Waals surface area (Å²) in [6.45, 7) is 11.4. The van der Waals surface area contributed by atoms with Crippen LogP contribution in [0.3, 0.4) is 0 Å². The van der Waals surface area contributed by atoms with Crippen molar-refractivity contribution in [2.24, 2.45) is 0 Å². The molecule has 5 rings (SSSR count). The first-order valence-electron chi connectivity index (χ1n) is 14.0. The molecule has 0 saturated carbocycles. The number of imidazole rings is 1. The lowest BCUT2D eigenvalue weighted by molar-refractivity contribution is -0.159. The number of hydrogen-bond acceptors (Lipinski definition) is 9. The molecule has 222 valence electrons. The Morgan fingerprint density at radius 3 is 2.14 bits per heavy atom. The monoisotopic (exact) mass is 575 g/mol. The van der Waals surface area contributed by atoms with E-state index in [1.807, 2.05) is 36.4 Å². The van der Waals surface area contributed by atoms with Crippen LogP contribution in [0.4, 0.5) is 15.4 Å². The first-order valence-corrected chi connectivity index (χ1v) is 14.0. The van der Waals surface area contributed by atoms with Gasteiger partial charge in [0.25, 0.3) is 0 Å². The van der Waals surface area contributed by atoms with Gasteiger partial charge < -0.3 is 23.9 Å². The fourth-order valence-corrected chi connectivity index (χ4v) is 4.73. The first kappa shape index (κ1) is 29.4. The molecule has 3 heterocycles. The molecule has 2 aliphatic rings. The fraction of sp³-hybridized carbons (Fsp3) is 0.452. The second-order valence-electron chi connectivity index (χ2n) is 12.3. The number of carbonyl (C=O) groups is 2. The van der Waals surface area contributed by atoms with Crippen molar-refractivity contribution in [2.45, 2.75) is 77.8 Å². The molecular weight excluding hydrogens is 538 g/mol. The molecule has 2 aromatic heterocycles. The van der Waals surface area contributed by atoms with Gasteiger partial charge in [0.05, 0.1) is 37.0 Å². The zero-order valence-electron chi connectivity index (χ0n) is 24.9. The molecule has 1 spiro atoms. The third-order valence-corrected chi connectivity index (χ3v) is 6.58. The van der Waals surface area contributed by atoms with Gasteiger partial charge in [0.15, 0.2) is 17.4 Å². The molecule has 1 N–H and O–H groups in total. The average Bonchev–Trinajstić information content (AvgIpc) is 3.58. The molecule has 1 aliphatic heterocycles. The maximum Gasteiger partial charge on any atom is 0.425 e. The van der Waals surface area contributed by atoms with Gasteiger partial charge in [0.2, 0.25) is 0 Å². The van der Waals surface area contributed by atoms with Crippen LogP contribution in [0.25, 0.3) is 28.3 Å². The second-order valence-corrected chi connectivity index (χ2v) is 12.3. The Morgan fingerprint density at radius 1 is 0.929 bits per heavy atom. The summed E-state index contributed by atoms with van der Waals surface area (Å²) in [6, 6.07) is 9.67. The average molecular weight is 576 g/mol. The van der Waals surface area contributed by atoms with E-state index in [0.29, 0.717) is 44.0 Å². The number of aromatic amines is 1. The van der Waals surface area contributed by atoms with E-state index in [9.17, 15) is 9.59 Å². The van der Waals surface area contributed by atoms with Gasteiger partial charge in [-0.2, -0.15) is 4.90 Å². The fourth-order valence-electron chi connectivity index (χ4n) is 4.73. The quantitative estimate of drug-likeness (QED) is 0.369. The Balaban J connectivity index is 1.60. The first-order chi connectivity index (χ1) is 19.8. The van der Waals surface area contributed by atoms with Crippen LogP contribution >= 0.6 is 0 Å². The Morgan fingerprint density at radius 2 is 1.57 bits per heavy atom. The number of aromatic nitrogens is 4. The summed E-state index contributed by atoms with van der Waals surface area (Å²) in [4.78, 5) is 45.1. The molecule has 11 nitrogen and oxygen atoms in total. The number of nitrogens with one attached hydrogen (secondary N) is 1. The zero-order valence-corrected chi connectivity index (χ0v) is 24.9. The Labute approximate surface area is 245 Å². The molecule has 0 atom stereocenters. The lowest BCUT2D eigenvalue weighted by Crippen LogP contribution is -2.44. The third-order valence-electron chi connectivity index (χ3n) is 6.58. The van der Waals surface area contributed by atoms with E-state index < -0.39 is 29.2 Å². The molecule has 0 bridgehead atoms. The van der Waals surface area contributed by atoms with Crippen LogP contribution in [-0.2, 0) is 18.9 Å². The standard InChI is InChI=1S/C31H37N5O6/c1-29(2,3)41-27(37)36(28(38)42-30(4,5)6)26-24(25-32-18-23(35-25)20-10-8-7-9-11-20)34-22(19-33-26)21-12-14-31(15-13-21)39-16-17-40-31/h7-12,18-19H,13-17H2,1-6H3,(H,32,35). The number of anilines is 1. The SMILES string of the molecule is CC(C)(C)OC(=O)N(C(=O)OC(C)(C)C)c1ncc(C2=CCC3(CC2)OCCO3)nc1-c1ncc(-c2ccccc2)[nH]1. The highest BCUT2D eigenvalue weighted by Gasteiger charge is 2.39. The minimum Gasteiger partial charge on any atom is -0.443 e. The van der Waals surface area contributed by atoms with Gasteiger partial charge in [-0.25, -0.2) is 24.5 Å². The highest BCUT2D eigenvalue weighted by Crippen LogP contribution is 2.39. The lowest BCUT2D eigenvalue weighted by Gasteiger charge is -2.31. The van der Waals surface area contributed by atoms with Gasteiger partial charge in [0.1, 0.15) is 16.9 Å². The number of ether oxygens (including phenoxy) is 4. The molecule has 1 saturated heterocycles. The van der Waals surface area contributed by atoms with Crippen molar-refractivity contribution in [3.05, 3.63) is 54.5 Å². The maximum absolute atomic E-state index is 13.5. The van der Waals surface area contributed by atoms with Crippen molar-refractivity contribution in [1.29, 1.82) is 0 Å². The summed E-state index contributed by atoms with van der Waals surface area (Å²) < 4.78 is 22.9. The zero-order chi connectivity index (χ0) is 30.1. The van der Waals surface area contributed by atoms with Crippen molar-refractivity contribution < 1.29 is 28.5 Å². The van der Waals surface area contributed by atoms with E-state index in [2.05, 4.69) is 15.0 Å². The van der Waals surface area contributed by atoms with Gasteiger partial charge in [-0.1, -0.05) is 36.4 Å². The van der Waals surface area contributed by atoms with Gasteiger partial charge in [-0.05, 0) is 59.1 Å². The number of carbonyl (C=O) groups excluding carboxylic acids is 2. The largest absolute Gasteiger partial charge is 0.443 e. The normalized spacial score (nSPS) is 16.7. The number of hydrogen-bond donors (Lipinski definition) is 1. The van der Waals surface area contributed by atoms with Crippen molar-refractivity contribution >= 4 is 23.6 Å². The van der Waals surface area contributed by atoms with Gasteiger partial charge >= 0.3 is 12.2 Å². The molecule has 1 aromatic carbocycles. The summed E-state index contributed by atoms with van der Waals surface area (Å²) in [5, 5.41) is 0. The van der Waals surface area contributed by atoms with E-state index >= 15 is 0 Å². The smallest absolute Gasteiger partial charge is 0.425 e. The number of benzene rings is 1. The van der Waals surface area contributed by atoms with Gasteiger partial charge in [-0.15, -0.1) is 0 Å². The van der Waals surface area contributed by atoms with Crippen molar-refractivity contribution in [3.8, 4) is 22.8 Å². The van der Waals surface area contributed by atoms with Crippen LogP contribution in [0.2, 0.25) is 0 Å². The minimum atomic E-state index is -0.941. The highest BCUT2D eigenvalue weighted by atomic mass is 16.7. The highest BCUT2D eigenvalue weighted by molar-refractivity contribution is 6.10. The van der Waals surface area contributed by atoms with Crippen LogP contribution in [0.15, 0.2) is 48.8 Å². The number of allylic oxidation sites excluding steroid dienone is 1. The van der Waals surface area contributed by atoms with Gasteiger partial charge in [0, 0.05) is 12.8 Å². The number of imide groups is 1. The predicted octanol–water partition coefficient (Wildman–Crippen LogP) is 6.52.